The summed E-state index contributed by atoms with van der Waals surface area (Å²) in [5, 5.41) is 16.7. The molecule has 27 heavy (non-hydrogen) atoms. The molecule has 4 rings (SSSR count). The third-order valence-corrected chi connectivity index (χ3v) is 4.63. The van der Waals surface area contributed by atoms with Crippen molar-refractivity contribution in [1.29, 1.82) is 0 Å². The molecule has 0 saturated carbocycles. The summed E-state index contributed by atoms with van der Waals surface area (Å²) in [7, 11) is 0. The molecule has 9 heteroatoms. The van der Waals surface area contributed by atoms with Crippen molar-refractivity contribution in [3.05, 3.63) is 48.0 Å². The van der Waals surface area contributed by atoms with Gasteiger partial charge in [-0.2, -0.15) is 0 Å². The highest BCUT2D eigenvalue weighted by molar-refractivity contribution is 5.94. The number of carbonyl (C=O) groups is 1. The molecular formula is C18H22Cl2N6O. The number of rotatable bonds is 3. The number of benzene rings is 1. The zero-order valence-electron chi connectivity index (χ0n) is 14.9. The second-order valence-electron chi connectivity index (χ2n) is 6.33. The molecule has 2 N–H and O–H groups in total. The van der Waals surface area contributed by atoms with Gasteiger partial charge in [0.05, 0.1) is 11.4 Å². The number of pyridine rings is 1. The number of halogens is 2. The molecule has 3 aromatic rings. The van der Waals surface area contributed by atoms with E-state index < -0.39 is 0 Å². The van der Waals surface area contributed by atoms with Gasteiger partial charge in [0.1, 0.15) is 0 Å². The van der Waals surface area contributed by atoms with Gasteiger partial charge < -0.3 is 10.6 Å². The van der Waals surface area contributed by atoms with Crippen LogP contribution in [0.2, 0.25) is 0 Å². The number of amides is 1. The third-order valence-electron chi connectivity index (χ3n) is 4.63. The van der Waals surface area contributed by atoms with E-state index in [-0.39, 0.29) is 36.8 Å². The number of nitrogens with zero attached hydrogens (tertiary/aromatic N) is 4. The topological polar surface area (TPSA) is 84.7 Å². The molecular weight excluding hydrogens is 387 g/mol. The van der Waals surface area contributed by atoms with E-state index in [1.165, 1.54) is 0 Å². The molecule has 1 aliphatic rings. The van der Waals surface area contributed by atoms with Crippen molar-refractivity contribution < 1.29 is 4.79 Å². The van der Waals surface area contributed by atoms with Crippen molar-refractivity contribution in [2.45, 2.75) is 25.8 Å². The number of carbonyl (C=O) groups excluding carboxylic acids is 1. The van der Waals surface area contributed by atoms with Gasteiger partial charge in [0.2, 0.25) is 0 Å². The van der Waals surface area contributed by atoms with Crippen molar-refractivity contribution in [3.8, 4) is 5.69 Å². The van der Waals surface area contributed by atoms with Crippen LogP contribution in [0.5, 0.6) is 0 Å². The van der Waals surface area contributed by atoms with Crippen molar-refractivity contribution in [2.24, 2.45) is 0 Å². The molecule has 0 bridgehead atoms. The first-order valence-corrected chi connectivity index (χ1v) is 8.51. The van der Waals surface area contributed by atoms with E-state index in [4.69, 9.17) is 0 Å². The zero-order valence-corrected chi connectivity index (χ0v) is 16.5. The Labute approximate surface area is 169 Å². The summed E-state index contributed by atoms with van der Waals surface area (Å²) in [5.74, 6) is -0.167. The molecule has 1 atom stereocenters. The molecule has 1 aromatic carbocycles. The van der Waals surface area contributed by atoms with E-state index in [1.807, 2.05) is 37.4 Å². The third kappa shape index (κ3) is 4.21. The average Bonchev–Trinajstić information content (AvgIpc) is 3.03. The van der Waals surface area contributed by atoms with Crippen molar-refractivity contribution in [3.63, 3.8) is 0 Å². The summed E-state index contributed by atoms with van der Waals surface area (Å²) >= 11 is 0. The van der Waals surface area contributed by atoms with E-state index in [1.54, 1.807) is 10.9 Å². The first kappa shape index (κ1) is 21.1. The summed E-state index contributed by atoms with van der Waals surface area (Å²) in [6, 6.07) is 8.01. The molecule has 0 radical (unpaired) electrons. The fourth-order valence-electron chi connectivity index (χ4n) is 3.29. The van der Waals surface area contributed by atoms with Crippen molar-refractivity contribution in [2.75, 3.05) is 13.1 Å². The van der Waals surface area contributed by atoms with Gasteiger partial charge in [0, 0.05) is 35.8 Å². The molecule has 1 saturated heterocycles. The lowest BCUT2D eigenvalue weighted by Gasteiger charge is -2.23. The van der Waals surface area contributed by atoms with E-state index in [0.717, 1.165) is 48.1 Å². The molecule has 1 aliphatic heterocycles. The lowest BCUT2D eigenvalue weighted by atomic mass is 10.1. The molecule has 0 spiro atoms. The number of fused-ring (bicyclic) bond motifs is 1. The smallest absolute Gasteiger partial charge is 0.274 e. The largest absolute Gasteiger partial charge is 0.347 e. The lowest BCUT2D eigenvalue weighted by Crippen LogP contribution is -2.45. The Morgan fingerprint density at radius 3 is 2.93 bits per heavy atom. The maximum atomic E-state index is 12.6. The summed E-state index contributed by atoms with van der Waals surface area (Å²) in [4.78, 5) is 16.7. The Morgan fingerprint density at radius 2 is 2.15 bits per heavy atom. The Kier molecular flexibility index (Phi) is 7.12. The van der Waals surface area contributed by atoms with Crippen molar-refractivity contribution in [1.82, 2.24) is 30.6 Å². The van der Waals surface area contributed by atoms with E-state index in [2.05, 4.69) is 25.9 Å². The maximum absolute atomic E-state index is 12.6. The van der Waals surface area contributed by atoms with Crippen LogP contribution in [0.15, 0.2) is 36.7 Å². The van der Waals surface area contributed by atoms with Crippen LogP contribution < -0.4 is 10.6 Å². The van der Waals surface area contributed by atoms with Gasteiger partial charge in [-0.3, -0.25) is 9.78 Å². The zero-order chi connectivity index (χ0) is 17.2. The molecule has 2 aromatic heterocycles. The van der Waals surface area contributed by atoms with Crippen LogP contribution in [0.25, 0.3) is 16.5 Å². The van der Waals surface area contributed by atoms with E-state index in [9.17, 15) is 4.79 Å². The quantitative estimate of drug-likeness (QED) is 0.694. The van der Waals surface area contributed by atoms with Crippen LogP contribution in [-0.2, 0) is 0 Å². The number of aromatic nitrogens is 4. The van der Waals surface area contributed by atoms with E-state index >= 15 is 0 Å². The Morgan fingerprint density at radius 1 is 1.30 bits per heavy atom. The number of piperidine rings is 1. The summed E-state index contributed by atoms with van der Waals surface area (Å²) in [5.41, 5.74) is 1.99. The molecule has 144 valence electrons. The van der Waals surface area contributed by atoms with Crippen LogP contribution in [0.1, 0.15) is 29.0 Å². The van der Waals surface area contributed by atoms with Gasteiger partial charge >= 0.3 is 0 Å². The lowest BCUT2D eigenvalue weighted by molar-refractivity contribution is 0.0925. The van der Waals surface area contributed by atoms with Crippen LogP contribution in [0.4, 0.5) is 0 Å². The van der Waals surface area contributed by atoms with Crippen LogP contribution in [0, 0.1) is 6.92 Å². The highest BCUT2D eigenvalue weighted by Crippen LogP contribution is 2.22. The predicted molar refractivity (Wildman–Crippen MR) is 109 cm³/mol. The van der Waals surface area contributed by atoms with Gasteiger partial charge in [-0.15, -0.1) is 29.9 Å². The molecule has 1 amide bonds. The molecule has 7 nitrogen and oxygen atoms in total. The molecule has 3 heterocycles. The number of nitrogens with one attached hydrogen (secondary N) is 2. The summed E-state index contributed by atoms with van der Waals surface area (Å²) in [6.45, 7) is 3.68. The number of hydrogen-bond acceptors (Lipinski definition) is 5. The minimum Gasteiger partial charge on any atom is -0.347 e. The first-order valence-electron chi connectivity index (χ1n) is 8.51. The predicted octanol–water partition coefficient (Wildman–Crippen LogP) is 2.45. The van der Waals surface area contributed by atoms with E-state index in [0.29, 0.717) is 5.69 Å². The summed E-state index contributed by atoms with van der Waals surface area (Å²) in [6.07, 6.45) is 5.62. The van der Waals surface area contributed by atoms with Crippen LogP contribution in [0.3, 0.4) is 0 Å². The summed E-state index contributed by atoms with van der Waals surface area (Å²) < 4.78 is 1.72. The number of hydrogen-bond donors (Lipinski definition) is 2. The van der Waals surface area contributed by atoms with Gasteiger partial charge in [0.25, 0.3) is 5.91 Å². The fourth-order valence-corrected chi connectivity index (χ4v) is 3.29. The first-order chi connectivity index (χ1) is 12.2. The highest BCUT2D eigenvalue weighted by Gasteiger charge is 2.22. The SMILES string of the molecule is Cc1c(C(=O)N[C@H]2CCCNC2)nnn1-c1cccc2cnccc12.Cl.Cl. The van der Waals surface area contributed by atoms with Gasteiger partial charge in [0.15, 0.2) is 5.69 Å². The minimum atomic E-state index is -0.167. The fraction of sp³-hybridized carbons (Fsp3) is 0.333. The Hall–Kier alpha value is -2.22. The normalized spacial score (nSPS) is 16.3. The Bertz CT molecular complexity index is 918. The monoisotopic (exact) mass is 408 g/mol. The Balaban J connectivity index is 0.00000131. The van der Waals surface area contributed by atoms with Crippen LogP contribution >= 0.6 is 24.8 Å². The highest BCUT2D eigenvalue weighted by atomic mass is 35.5. The van der Waals surface area contributed by atoms with Crippen LogP contribution in [-0.4, -0.2) is 45.0 Å². The van der Waals surface area contributed by atoms with Crippen molar-refractivity contribution >= 4 is 41.5 Å². The average molecular weight is 409 g/mol. The standard InChI is InChI=1S/C18H20N6O.2ClH/c1-12-17(18(25)21-14-5-3-8-19-11-14)22-23-24(12)16-6-2-4-13-10-20-9-7-15(13)16;;/h2,4,6-7,9-10,14,19H,3,5,8,11H2,1H3,(H,21,25);2*1H/t14-;;/m0../s1. The van der Waals surface area contributed by atoms with Gasteiger partial charge in [-0.05, 0) is 38.4 Å². The molecule has 0 unspecified atom stereocenters. The maximum Gasteiger partial charge on any atom is 0.274 e. The van der Waals surface area contributed by atoms with Gasteiger partial charge in [-0.25, -0.2) is 4.68 Å². The second kappa shape index (κ2) is 9.12. The minimum absolute atomic E-state index is 0. The second-order valence-corrected chi connectivity index (χ2v) is 6.33. The van der Waals surface area contributed by atoms with Gasteiger partial charge in [-0.1, -0.05) is 17.3 Å². The molecule has 0 aliphatic carbocycles. The molecule has 1 fully saturated rings.